The summed E-state index contributed by atoms with van der Waals surface area (Å²) in [7, 11) is 0. The number of alkyl halides is 3. The second-order valence-corrected chi connectivity index (χ2v) is 4.57. The van der Waals surface area contributed by atoms with Crippen molar-refractivity contribution in [2.75, 3.05) is 6.61 Å². The Morgan fingerprint density at radius 2 is 2.09 bits per heavy atom. The van der Waals surface area contributed by atoms with E-state index in [1.165, 1.54) is 24.4 Å². The van der Waals surface area contributed by atoms with E-state index < -0.39 is 30.3 Å². The Morgan fingerprint density at radius 3 is 2.64 bits per heavy atom. The zero-order valence-electron chi connectivity index (χ0n) is 11.5. The highest BCUT2D eigenvalue weighted by atomic mass is 19.4. The van der Waals surface area contributed by atoms with Gasteiger partial charge < -0.3 is 14.8 Å². The van der Waals surface area contributed by atoms with Gasteiger partial charge in [0.25, 0.3) is 5.89 Å². The molecule has 1 aromatic carbocycles. The van der Waals surface area contributed by atoms with Gasteiger partial charge >= 0.3 is 12.1 Å². The van der Waals surface area contributed by atoms with Crippen LogP contribution in [0.25, 0.3) is 0 Å². The van der Waals surface area contributed by atoms with Gasteiger partial charge in [0.15, 0.2) is 0 Å². The monoisotopic (exact) mass is 314 g/mol. The van der Waals surface area contributed by atoms with Crippen molar-refractivity contribution in [1.82, 2.24) is 10.3 Å². The number of amides is 1. The summed E-state index contributed by atoms with van der Waals surface area (Å²) < 4.78 is 43.9. The number of aromatic nitrogens is 1. The van der Waals surface area contributed by atoms with Crippen LogP contribution in [0, 0.1) is 6.92 Å². The minimum absolute atomic E-state index is 0.228. The van der Waals surface area contributed by atoms with Crippen molar-refractivity contribution in [3.63, 3.8) is 0 Å². The third-order valence-corrected chi connectivity index (χ3v) is 2.95. The maximum absolute atomic E-state index is 13.0. The van der Waals surface area contributed by atoms with Crippen LogP contribution in [0.15, 0.2) is 34.9 Å². The maximum atomic E-state index is 13.0. The van der Waals surface area contributed by atoms with Crippen LogP contribution in [0.3, 0.4) is 0 Å². The lowest BCUT2D eigenvalue weighted by atomic mass is 10.0. The molecule has 1 heterocycles. The van der Waals surface area contributed by atoms with Crippen LogP contribution < -0.4 is 5.32 Å². The molecular weight excluding hydrogens is 301 g/mol. The minimum Gasteiger partial charge on any atom is -0.438 e. The number of nitrogens with one attached hydrogen (secondary N) is 1. The maximum Gasteiger partial charge on any atom is 0.416 e. The number of aliphatic hydroxyl groups is 1. The molecule has 0 spiro atoms. The molecule has 0 aliphatic rings. The molecule has 1 aromatic heterocycles. The summed E-state index contributed by atoms with van der Waals surface area (Å²) in [4.78, 5) is 15.6. The van der Waals surface area contributed by atoms with Crippen LogP contribution in [0.5, 0.6) is 0 Å². The van der Waals surface area contributed by atoms with E-state index in [0.717, 1.165) is 6.07 Å². The van der Waals surface area contributed by atoms with Gasteiger partial charge in [-0.1, -0.05) is 18.2 Å². The van der Waals surface area contributed by atoms with Crippen LogP contribution in [-0.4, -0.2) is 22.6 Å². The summed E-state index contributed by atoms with van der Waals surface area (Å²) in [5.74, 6) is -0.689. The predicted octanol–water partition coefficient (Wildman–Crippen LogP) is 2.47. The molecule has 2 aromatic rings. The fourth-order valence-electron chi connectivity index (χ4n) is 1.96. The second kappa shape index (κ2) is 6.18. The van der Waals surface area contributed by atoms with Crippen molar-refractivity contribution in [3.05, 3.63) is 53.2 Å². The smallest absolute Gasteiger partial charge is 0.416 e. The minimum atomic E-state index is -4.59. The Morgan fingerprint density at radius 1 is 1.41 bits per heavy atom. The quantitative estimate of drug-likeness (QED) is 0.909. The first-order valence-electron chi connectivity index (χ1n) is 6.33. The molecule has 5 nitrogen and oxygen atoms in total. The number of aryl methyl sites for hydroxylation is 1. The Bertz CT molecular complexity index is 667. The van der Waals surface area contributed by atoms with Gasteiger partial charge in [0.1, 0.15) is 5.76 Å². The third-order valence-electron chi connectivity index (χ3n) is 2.95. The summed E-state index contributed by atoms with van der Waals surface area (Å²) in [6.45, 7) is 0.880. The largest absolute Gasteiger partial charge is 0.438 e. The first-order valence-corrected chi connectivity index (χ1v) is 6.33. The highest BCUT2D eigenvalue weighted by molar-refractivity contribution is 5.89. The molecule has 1 unspecified atom stereocenters. The van der Waals surface area contributed by atoms with Crippen molar-refractivity contribution < 1.29 is 27.5 Å². The number of carbonyl (C=O) groups is 1. The van der Waals surface area contributed by atoms with Crippen molar-refractivity contribution >= 4 is 5.91 Å². The number of aliphatic hydroxyl groups excluding tert-OH is 1. The Kier molecular flexibility index (Phi) is 4.51. The lowest BCUT2D eigenvalue weighted by Gasteiger charge is -2.20. The molecule has 8 heteroatoms. The van der Waals surface area contributed by atoms with Gasteiger partial charge in [-0.3, -0.25) is 4.79 Å². The Balaban J connectivity index is 2.28. The van der Waals surface area contributed by atoms with E-state index in [2.05, 4.69) is 10.3 Å². The van der Waals surface area contributed by atoms with Gasteiger partial charge in [-0.2, -0.15) is 13.2 Å². The van der Waals surface area contributed by atoms with Gasteiger partial charge in [-0.15, -0.1) is 0 Å². The highest BCUT2D eigenvalue weighted by Gasteiger charge is 2.35. The van der Waals surface area contributed by atoms with Crippen LogP contribution in [0.2, 0.25) is 0 Å². The van der Waals surface area contributed by atoms with Gasteiger partial charge in [-0.25, -0.2) is 4.98 Å². The predicted molar refractivity (Wildman–Crippen MR) is 70.0 cm³/mol. The molecule has 0 aliphatic carbocycles. The second-order valence-electron chi connectivity index (χ2n) is 4.57. The normalized spacial score (nSPS) is 13.0. The van der Waals surface area contributed by atoms with Gasteiger partial charge in [0.2, 0.25) is 0 Å². The molecule has 22 heavy (non-hydrogen) atoms. The molecule has 0 bridgehead atoms. The Labute approximate surface area is 123 Å². The molecule has 118 valence electrons. The molecule has 1 amide bonds. The summed E-state index contributed by atoms with van der Waals surface area (Å²) in [5.41, 5.74) is -1.15. The highest BCUT2D eigenvalue weighted by Crippen LogP contribution is 2.34. The topological polar surface area (TPSA) is 75.4 Å². The standard InChI is InChI=1S/C14H13F3N2O3/c1-8-6-18-13(22-8)12(21)19-11(7-20)9-4-2-3-5-10(9)14(15,16)17/h2-6,11,20H,7H2,1H3,(H,19,21). The third kappa shape index (κ3) is 3.45. The first kappa shape index (κ1) is 16.0. The van der Waals surface area contributed by atoms with Crippen LogP contribution in [0.4, 0.5) is 13.2 Å². The van der Waals surface area contributed by atoms with Crippen LogP contribution >= 0.6 is 0 Å². The summed E-state index contributed by atoms with van der Waals surface area (Å²) in [6, 6.07) is 3.50. The lowest BCUT2D eigenvalue weighted by Crippen LogP contribution is -2.32. The number of hydrogen-bond acceptors (Lipinski definition) is 4. The molecule has 2 N–H and O–H groups in total. The number of rotatable bonds is 4. The number of halogens is 3. The average Bonchev–Trinajstić information content (AvgIpc) is 2.90. The van der Waals surface area contributed by atoms with E-state index in [1.54, 1.807) is 6.92 Å². The molecule has 0 saturated carbocycles. The van der Waals surface area contributed by atoms with E-state index in [4.69, 9.17) is 4.42 Å². The first-order chi connectivity index (χ1) is 10.3. The van der Waals surface area contributed by atoms with E-state index in [9.17, 15) is 23.1 Å². The fraction of sp³-hybridized carbons (Fsp3) is 0.286. The number of carbonyl (C=O) groups excluding carboxylic acids is 1. The van der Waals surface area contributed by atoms with Crippen molar-refractivity contribution in [2.45, 2.75) is 19.1 Å². The Hall–Kier alpha value is -2.35. The molecule has 0 aliphatic heterocycles. The average molecular weight is 314 g/mol. The molecule has 2 rings (SSSR count). The van der Waals surface area contributed by atoms with E-state index >= 15 is 0 Å². The van der Waals surface area contributed by atoms with Crippen molar-refractivity contribution in [2.24, 2.45) is 0 Å². The van der Waals surface area contributed by atoms with Crippen LogP contribution in [-0.2, 0) is 6.18 Å². The molecule has 0 saturated heterocycles. The zero-order chi connectivity index (χ0) is 16.3. The van der Waals surface area contributed by atoms with Gasteiger partial charge in [0.05, 0.1) is 24.4 Å². The van der Waals surface area contributed by atoms with Gasteiger partial charge in [0, 0.05) is 0 Å². The van der Waals surface area contributed by atoms with Crippen molar-refractivity contribution in [3.8, 4) is 0 Å². The number of nitrogens with zero attached hydrogens (tertiary/aromatic N) is 1. The lowest BCUT2D eigenvalue weighted by molar-refractivity contribution is -0.138. The van der Waals surface area contributed by atoms with E-state index in [0.29, 0.717) is 5.76 Å². The van der Waals surface area contributed by atoms with Gasteiger partial charge in [-0.05, 0) is 18.6 Å². The summed E-state index contributed by atoms with van der Waals surface area (Å²) in [6.07, 6.45) is -3.28. The molecule has 0 fully saturated rings. The zero-order valence-corrected chi connectivity index (χ0v) is 11.5. The summed E-state index contributed by atoms with van der Waals surface area (Å²) in [5, 5.41) is 11.6. The molecular formula is C14H13F3N2O3. The fourth-order valence-corrected chi connectivity index (χ4v) is 1.96. The number of benzene rings is 1. The molecule has 1 atom stereocenters. The number of hydrogen-bond donors (Lipinski definition) is 2. The van der Waals surface area contributed by atoms with Crippen LogP contribution in [0.1, 0.15) is 33.6 Å². The molecule has 0 radical (unpaired) electrons. The summed E-state index contributed by atoms with van der Waals surface area (Å²) >= 11 is 0. The SMILES string of the molecule is Cc1cnc(C(=O)NC(CO)c2ccccc2C(F)(F)F)o1. The number of oxazole rings is 1. The van der Waals surface area contributed by atoms with E-state index in [1.807, 2.05) is 0 Å². The van der Waals surface area contributed by atoms with E-state index in [-0.39, 0.29) is 11.5 Å². The van der Waals surface area contributed by atoms with Crippen molar-refractivity contribution in [1.29, 1.82) is 0 Å².